The molecule has 0 heterocycles. The van der Waals surface area contributed by atoms with E-state index >= 15 is 0 Å². The van der Waals surface area contributed by atoms with Crippen LogP contribution in [0.15, 0.2) is 0 Å². The molecule has 0 aromatic heterocycles. The number of rotatable bonds is 9. The van der Waals surface area contributed by atoms with Crippen LogP contribution in [-0.2, 0) is 14.3 Å². The summed E-state index contributed by atoms with van der Waals surface area (Å²) in [5.41, 5.74) is -0.294. The average molecular weight is 285 g/mol. The highest BCUT2D eigenvalue weighted by atomic mass is 16.5. The van der Waals surface area contributed by atoms with E-state index in [9.17, 15) is 9.59 Å². The highest BCUT2D eigenvalue weighted by molar-refractivity contribution is 5.83. The number of nitrogens with one attached hydrogen (secondary N) is 1. The van der Waals surface area contributed by atoms with Gasteiger partial charge in [-0.05, 0) is 32.1 Å². The Morgan fingerprint density at radius 3 is 2.55 bits per heavy atom. The largest absolute Gasteiger partial charge is 0.481 e. The first-order valence-electron chi connectivity index (χ1n) is 7.58. The molecule has 20 heavy (non-hydrogen) atoms. The van der Waals surface area contributed by atoms with Gasteiger partial charge in [0.25, 0.3) is 0 Å². The van der Waals surface area contributed by atoms with Crippen molar-refractivity contribution in [2.75, 3.05) is 19.8 Å². The number of hydrogen-bond acceptors (Lipinski definition) is 3. The van der Waals surface area contributed by atoms with Crippen LogP contribution in [0.1, 0.15) is 52.4 Å². The molecule has 0 saturated heterocycles. The fraction of sp³-hybridized carbons (Fsp3) is 0.867. The summed E-state index contributed by atoms with van der Waals surface area (Å²) in [6.45, 7) is 5.52. The Hall–Kier alpha value is -1.10. The molecule has 0 aromatic carbocycles. The maximum Gasteiger partial charge on any atom is 0.303 e. The predicted molar refractivity (Wildman–Crippen MR) is 76.4 cm³/mol. The van der Waals surface area contributed by atoms with Crippen LogP contribution in [0.3, 0.4) is 0 Å². The number of carboxylic acid groups (broad SMARTS) is 1. The average Bonchev–Trinajstić information content (AvgIpc) is 2.85. The van der Waals surface area contributed by atoms with Crippen LogP contribution in [0.5, 0.6) is 0 Å². The summed E-state index contributed by atoms with van der Waals surface area (Å²) in [6, 6.07) is 0. The third kappa shape index (κ3) is 5.12. The van der Waals surface area contributed by atoms with E-state index in [2.05, 4.69) is 5.32 Å². The van der Waals surface area contributed by atoms with Crippen molar-refractivity contribution in [3.63, 3.8) is 0 Å². The fourth-order valence-corrected chi connectivity index (χ4v) is 2.88. The normalized spacial score (nSPS) is 18.7. The molecule has 1 fully saturated rings. The molecular weight excluding hydrogens is 258 g/mol. The Morgan fingerprint density at radius 2 is 2.00 bits per heavy atom. The Kier molecular flexibility index (Phi) is 6.99. The van der Waals surface area contributed by atoms with E-state index < -0.39 is 5.97 Å². The first-order chi connectivity index (χ1) is 9.50. The number of aliphatic carboxylic acids is 1. The molecule has 1 amide bonds. The molecule has 1 unspecified atom stereocenters. The summed E-state index contributed by atoms with van der Waals surface area (Å²) in [6.07, 6.45) is 4.86. The first-order valence-corrected chi connectivity index (χ1v) is 7.58. The Bertz CT molecular complexity index is 324. The second-order valence-electron chi connectivity index (χ2n) is 5.85. The van der Waals surface area contributed by atoms with Gasteiger partial charge < -0.3 is 15.2 Å². The molecule has 5 nitrogen and oxygen atoms in total. The van der Waals surface area contributed by atoms with Crippen LogP contribution >= 0.6 is 0 Å². The maximum atomic E-state index is 12.4. The Labute approximate surface area is 121 Å². The van der Waals surface area contributed by atoms with Gasteiger partial charge in [0.15, 0.2) is 0 Å². The number of carbonyl (C=O) groups is 2. The minimum Gasteiger partial charge on any atom is -0.481 e. The molecule has 0 aliphatic heterocycles. The van der Waals surface area contributed by atoms with E-state index in [-0.39, 0.29) is 23.7 Å². The first kappa shape index (κ1) is 17.0. The molecule has 1 rings (SSSR count). The van der Waals surface area contributed by atoms with E-state index in [0.717, 1.165) is 32.1 Å². The van der Waals surface area contributed by atoms with Gasteiger partial charge in [0.2, 0.25) is 5.91 Å². The topological polar surface area (TPSA) is 75.6 Å². The molecule has 2 N–H and O–H groups in total. The standard InChI is InChI=1S/C15H27NO4/c1-3-20-9-8-15(6-4-5-7-15)14(19)16-11-12(2)10-13(17)18/h12H,3-11H2,1-2H3,(H,16,19)(H,17,18). The number of carbonyl (C=O) groups excluding carboxylic acids is 1. The minimum absolute atomic E-state index is 0.0400. The van der Waals surface area contributed by atoms with Crippen LogP contribution in [-0.4, -0.2) is 36.7 Å². The third-order valence-corrected chi connectivity index (χ3v) is 4.11. The van der Waals surface area contributed by atoms with Crippen LogP contribution < -0.4 is 5.32 Å². The summed E-state index contributed by atoms with van der Waals surface area (Å²) < 4.78 is 5.39. The summed E-state index contributed by atoms with van der Waals surface area (Å²) in [7, 11) is 0. The van der Waals surface area contributed by atoms with Gasteiger partial charge in [0, 0.05) is 26.2 Å². The highest BCUT2D eigenvalue weighted by Gasteiger charge is 2.40. The maximum absolute atomic E-state index is 12.4. The zero-order valence-corrected chi connectivity index (χ0v) is 12.6. The summed E-state index contributed by atoms with van der Waals surface area (Å²) in [4.78, 5) is 23.1. The highest BCUT2D eigenvalue weighted by Crippen LogP contribution is 2.41. The van der Waals surface area contributed by atoms with Crippen molar-refractivity contribution in [2.45, 2.75) is 52.4 Å². The number of carboxylic acids is 1. The Morgan fingerprint density at radius 1 is 1.35 bits per heavy atom. The molecule has 1 aliphatic rings. The molecular formula is C15H27NO4. The fourth-order valence-electron chi connectivity index (χ4n) is 2.88. The molecule has 116 valence electrons. The smallest absolute Gasteiger partial charge is 0.303 e. The van der Waals surface area contributed by atoms with Gasteiger partial charge in [-0.15, -0.1) is 0 Å². The van der Waals surface area contributed by atoms with Crippen LogP contribution in [0.25, 0.3) is 0 Å². The van der Waals surface area contributed by atoms with Gasteiger partial charge in [-0.1, -0.05) is 19.8 Å². The molecule has 5 heteroatoms. The third-order valence-electron chi connectivity index (χ3n) is 4.11. The van der Waals surface area contributed by atoms with E-state index in [1.807, 2.05) is 13.8 Å². The number of amides is 1. The zero-order valence-electron chi connectivity index (χ0n) is 12.6. The van der Waals surface area contributed by atoms with E-state index in [1.165, 1.54) is 0 Å². The van der Waals surface area contributed by atoms with E-state index in [4.69, 9.17) is 9.84 Å². The lowest BCUT2D eigenvalue weighted by Gasteiger charge is -2.28. The van der Waals surface area contributed by atoms with E-state index in [0.29, 0.717) is 19.8 Å². The molecule has 1 saturated carbocycles. The van der Waals surface area contributed by atoms with Crippen molar-refractivity contribution < 1.29 is 19.4 Å². The van der Waals surface area contributed by atoms with Crippen molar-refractivity contribution in [3.05, 3.63) is 0 Å². The van der Waals surface area contributed by atoms with Gasteiger partial charge in [0.05, 0.1) is 5.41 Å². The summed E-state index contributed by atoms with van der Waals surface area (Å²) in [5, 5.41) is 11.7. The van der Waals surface area contributed by atoms with E-state index in [1.54, 1.807) is 0 Å². The molecule has 0 bridgehead atoms. The van der Waals surface area contributed by atoms with Crippen LogP contribution in [0.4, 0.5) is 0 Å². The van der Waals surface area contributed by atoms with Gasteiger partial charge in [0.1, 0.15) is 0 Å². The monoisotopic (exact) mass is 285 g/mol. The summed E-state index contributed by atoms with van der Waals surface area (Å²) >= 11 is 0. The molecule has 0 aromatic rings. The van der Waals surface area contributed by atoms with Gasteiger partial charge >= 0.3 is 5.97 Å². The van der Waals surface area contributed by atoms with Crippen molar-refractivity contribution in [1.82, 2.24) is 5.32 Å². The SMILES string of the molecule is CCOCCC1(C(=O)NCC(C)CC(=O)O)CCCC1. The van der Waals surface area contributed by atoms with Gasteiger partial charge in [-0.2, -0.15) is 0 Å². The molecule has 1 atom stereocenters. The number of ether oxygens (including phenoxy) is 1. The molecule has 0 spiro atoms. The zero-order chi connectivity index (χ0) is 15.0. The lowest BCUT2D eigenvalue weighted by molar-refractivity contribution is -0.138. The lowest BCUT2D eigenvalue weighted by Crippen LogP contribution is -2.42. The van der Waals surface area contributed by atoms with Crippen molar-refractivity contribution in [3.8, 4) is 0 Å². The van der Waals surface area contributed by atoms with Crippen molar-refractivity contribution in [1.29, 1.82) is 0 Å². The van der Waals surface area contributed by atoms with Crippen LogP contribution in [0, 0.1) is 11.3 Å². The molecule has 0 radical (unpaired) electrons. The van der Waals surface area contributed by atoms with Gasteiger partial charge in [-0.25, -0.2) is 0 Å². The van der Waals surface area contributed by atoms with Crippen molar-refractivity contribution in [2.24, 2.45) is 11.3 Å². The molecule has 1 aliphatic carbocycles. The predicted octanol–water partition coefficient (Wildman–Crippen LogP) is 2.20. The minimum atomic E-state index is -0.821. The van der Waals surface area contributed by atoms with Gasteiger partial charge in [-0.3, -0.25) is 9.59 Å². The van der Waals surface area contributed by atoms with Crippen LogP contribution in [0.2, 0.25) is 0 Å². The lowest BCUT2D eigenvalue weighted by atomic mass is 9.82. The Balaban J connectivity index is 2.45. The second-order valence-corrected chi connectivity index (χ2v) is 5.85. The summed E-state index contributed by atoms with van der Waals surface area (Å²) in [5.74, 6) is -0.785. The quantitative estimate of drug-likeness (QED) is 0.637. The number of hydrogen-bond donors (Lipinski definition) is 2. The van der Waals surface area contributed by atoms with Crippen molar-refractivity contribution >= 4 is 11.9 Å². The second kappa shape index (κ2) is 8.25.